The van der Waals surface area contributed by atoms with Crippen molar-refractivity contribution in [3.63, 3.8) is 0 Å². The summed E-state index contributed by atoms with van der Waals surface area (Å²) in [5.74, 6) is -1.09. The second-order valence-electron chi connectivity index (χ2n) is 10.2. The van der Waals surface area contributed by atoms with Gasteiger partial charge in [0.2, 0.25) is 0 Å². The Balaban J connectivity index is 1.50. The lowest BCUT2D eigenvalue weighted by molar-refractivity contribution is -0.120. The lowest BCUT2D eigenvalue weighted by Gasteiger charge is -2.36. The van der Waals surface area contributed by atoms with E-state index in [0.29, 0.717) is 27.5 Å². The number of halogens is 2. The molecule has 42 heavy (non-hydrogen) atoms. The number of fused-ring (bicyclic) bond motifs is 1. The summed E-state index contributed by atoms with van der Waals surface area (Å²) in [6, 6.07) is 18.1. The van der Waals surface area contributed by atoms with Crippen LogP contribution < -0.4 is 9.80 Å². The molecule has 2 aromatic carbocycles. The van der Waals surface area contributed by atoms with Gasteiger partial charge in [0.05, 0.1) is 27.0 Å². The average Bonchev–Trinajstić information content (AvgIpc) is 3.48. The summed E-state index contributed by atoms with van der Waals surface area (Å²) >= 11 is 19.8. The molecule has 0 radical (unpaired) electrons. The molecule has 2 aromatic heterocycles. The van der Waals surface area contributed by atoms with Gasteiger partial charge in [0.15, 0.2) is 5.11 Å². The van der Waals surface area contributed by atoms with Gasteiger partial charge in [-0.15, -0.1) is 11.3 Å². The predicted octanol–water partition coefficient (Wildman–Crippen LogP) is 7.96. The van der Waals surface area contributed by atoms with Crippen LogP contribution in [0, 0.1) is 25.2 Å². The zero-order valence-electron chi connectivity index (χ0n) is 22.8. The highest BCUT2D eigenvalue weighted by Crippen LogP contribution is 2.39. The maximum Gasteiger partial charge on any atom is 0.270 e. The molecule has 1 fully saturated rings. The van der Waals surface area contributed by atoms with Crippen LogP contribution in [0.1, 0.15) is 45.8 Å². The molecule has 4 aromatic rings. The minimum absolute atomic E-state index is 0.0139. The summed E-state index contributed by atoms with van der Waals surface area (Å²) < 4.78 is 2.06. The van der Waals surface area contributed by atoms with Crippen LogP contribution in [-0.2, 0) is 22.4 Å². The fourth-order valence-corrected chi connectivity index (χ4v) is 7.73. The van der Waals surface area contributed by atoms with E-state index >= 15 is 0 Å². The number of hydrogen-bond donors (Lipinski definition) is 0. The van der Waals surface area contributed by atoms with E-state index < -0.39 is 11.8 Å². The number of carbonyl (C=O) groups is 2. The average molecular weight is 632 g/mol. The molecule has 1 aliphatic carbocycles. The molecule has 10 heteroatoms. The van der Waals surface area contributed by atoms with Crippen molar-refractivity contribution in [3.8, 4) is 11.1 Å². The molecule has 0 bridgehead atoms. The van der Waals surface area contributed by atoms with Crippen LogP contribution in [-0.4, -0.2) is 21.5 Å². The van der Waals surface area contributed by atoms with Gasteiger partial charge in [0.1, 0.15) is 16.6 Å². The van der Waals surface area contributed by atoms with Crippen LogP contribution in [0.3, 0.4) is 0 Å². The van der Waals surface area contributed by atoms with Crippen molar-refractivity contribution in [1.29, 1.82) is 5.26 Å². The Kier molecular flexibility index (Phi) is 7.54. The molecule has 6 nitrogen and oxygen atoms in total. The van der Waals surface area contributed by atoms with Gasteiger partial charge in [-0.1, -0.05) is 41.4 Å². The maximum absolute atomic E-state index is 14.0. The summed E-state index contributed by atoms with van der Waals surface area (Å²) in [5.41, 5.74) is 5.18. The first kappa shape index (κ1) is 28.4. The predicted molar refractivity (Wildman–Crippen MR) is 173 cm³/mol. The van der Waals surface area contributed by atoms with E-state index in [9.17, 15) is 14.9 Å². The maximum atomic E-state index is 14.0. The van der Waals surface area contributed by atoms with Crippen molar-refractivity contribution in [2.75, 3.05) is 9.80 Å². The van der Waals surface area contributed by atoms with Crippen molar-refractivity contribution in [2.24, 2.45) is 0 Å². The molecule has 0 spiro atoms. The first-order valence-corrected chi connectivity index (χ1v) is 15.4. The van der Waals surface area contributed by atoms with Crippen LogP contribution in [0.2, 0.25) is 10.0 Å². The molecule has 1 aliphatic heterocycles. The highest BCUT2D eigenvalue weighted by Gasteiger charge is 2.41. The van der Waals surface area contributed by atoms with E-state index in [2.05, 4.69) is 10.6 Å². The number of benzene rings is 2. The number of hydrogen-bond acceptors (Lipinski definition) is 5. The number of aryl methyl sites for hydroxylation is 2. The number of nitrogens with zero attached hydrogens (tertiary/aromatic N) is 4. The normalized spacial score (nSPS) is 16.3. The third-order valence-corrected chi connectivity index (χ3v) is 10.0. The van der Waals surface area contributed by atoms with Gasteiger partial charge in [-0.25, -0.2) is 0 Å². The first-order chi connectivity index (χ1) is 20.2. The molecule has 2 aliphatic rings. The van der Waals surface area contributed by atoms with Crippen molar-refractivity contribution in [1.82, 2.24) is 4.57 Å². The van der Waals surface area contributed by atoms with E-state index in [1.54, 1.807) is 59.9 Å². The SMILES string of the molecule is Cc1cc(/C=C2\C(=O)N(c3ccccc3)C(=S)N(c3ccc(Cl)c(Cl)c3)C2=O)c(C)n1-c1sc2c(c1C#N)CCCC2. The van der Waals surface area contributed by atoms with Gasteiger partial charge in [0.25, 0.3) is 11.8 Å². The number of thiocarbonyl (C=S) groups is 1. The molecule has 1 saturated heterocycles. The number of aromatic nitrogens is 1. The van der Waals surface area contributed by atoms with E-state index in [-0.39, 0.29) is 15.7 Å². The Morgan fingerprint density at radius 3 is 2.31 bits per heavy atom. The number of carbonyl (C=O) groups excluding carboxylic acids is 2. The molecule has 3 heterocycles. The van der Waals surface area contributed by atoms with Gasteiger partial charge < -0.3 is 4.57 Å². The topological polar surface area (TPSA) is 69.3 Å². The van der Waals surface area contributed by atoms with E-state index in [0.717, 1.165) is 47.6 Å². The fourth-order valence-electron chi connectivity index (χ4n) is 5.61. The monoisotopic (exact) mass is 630 g/mol. The Morgan fingerprint density at radius 1 is 0.929 bits per heavy atom. The largest absolute Gasteiger partial charge is 0.308 e. The van der Waals surface area contributed by atoms with Crippen molar-refractivity contribution in [3.05, 3.63) is 103 Å². The number of amides is 2. The van der Waals surface area contributed by atoms with E-state index in [1.807, 2.05) is 26.0 Å². The zero-order chi connectivity index (χ0) is 29.7. The van der Waals surface area contributed by atoms with E-state index in [1.165, 1.54) is 14.7 Å². The fraction of sp³-hybridized carbons (Fsp3) is 0.188. The van der Waals surface area contributed by atoms with Crippen LogP contribution in [0.15, 0.2) is 60.2 Å². The van der Waals surface area contributed by atoms with Crippen LogP contribution in [0.5, 0.6) is 0 Å². The first-order valence-electron chi connectivity index (χ1n) is 13.4. The van der Waals surface area contributed by atoms with Crippen molar-refractivity contribution < 1.29 is 9.59 Å². The summed E-state index contributed by atoms with van der Waals surface area (Å²) in [7, 11) is 0. The molecule has 6 rings (SSSR count). The zero-order valence-corrected chi connectivity index (χ0v) is 25.9. The summed E-state index contributed by atoms with van der Waals surface area (Å²) in [5, 5.41) is 11.6. The summed E-state index contributed by atoms with van der Waals surface area (Å²) in [6.45, 7) is 3.90. The Morgan fingerprint density at radius 2 is 1.62 bits per heavy atom. The van der Waals surface area contributed by atoms with E-state index in [4.69, 9.17) is 35.4 Å². The molecular formula is C32H24Cl2N4O2S2. The number of rotatable bonds is 4. The van der Waals surface area contributed by atoms with Crippen molar-refractivity contribution >= 4 is 81.1 Å². The Labute approximate surface area is 263 Å². The van der Waals surface area contributed by atoms with Gasteiger partial charge >= 0.3 is 0 Å². The van der Waals surface area contributed by atoms with Gasteiger partial charge in [-0.3, -0.25) is 19.4 Å². The second-order valence-corrected chi connectivity index (χ2v) is 12.5. The van der Waals surface area contributed by atoms with Crippen LogP contribution in [0.25, 0.3) is 11.1 Å². The van der Waals surface area contributed by atoms with Gasteiger partial charge in [-0.05, 0) is 105 Å². The third-order valence-electron chi connectivity index (χ3n) is 7.66. The molecule has 0 saturated carbocycles. The highest BCUT2D eigenvalue weighted by molar-refractivity contribution is 7.81. The van der Waals surface area contributed by atoms with Crippen molar-refractivity contribution in [2.45, 2.75) is 39.5 Å². The summed E-state index contributed by atoms with van der Waals surface area (Å²) in [6.07, 6.45) is 5.71. The Bertz CT molecular complexity index is 1870. The minimum atomic E-state index is -0.565. The lowest BCUT2D eigenvalue weighted by Crippen LogP contribution is -2.56. The third kappa shape index (κ3) is 4.67. The Hall–Kier alpha value is -3.74. The van der Waals surface area contributed by atoms with Gasteiger partial charge in [-0.2, -0.15) is 5.26 Å². The molecule has 2 amide bonds. The number of para-hydroxylation sites is 1. The lowest BCUT2D eigenvalue weighted by atomic mass is 9.96. The smallest absolute Gasteiger partial charge is 0.270 e. The van der Waals surface area contributed by atoms with Crippen LogP contribution in [0.4, 0.5) is 11.4 Å². The number of thiophene rings is 1. The molecular weight excluding hydrogens is 607 g/mol. The second kappa shape index (κ2) is 11.2. The molecule has 0 N–H and O–H groups in total. The molecule has 0 unspecified atom stereocenters. The number of anilines is 2. The standard InChI is InChI=1S/C32H24Cl2N4O2S2/c1-18-14-20(19(2)36(18)31-25(17-35)23-10-6-7-11-28(23)42-31)15-24-29(39)37(21-8-4-3-5-9-21)32(41)38(30(24)40)22-12-13-26(33)27(34)16-22/h3-5,8-9,12-16H,6-7,10-11H2,1-2H3/b24-15+. The quantitative estimate of drug-likeness (QED) is 0.130. The number of nitriles is 1. The minimum Gasteiger partial charge on any atom is -0.308 e. The van der Waals surface area contributed by atoms with Crippen LogP contribution >= 0.6 is 46.8 Å². The summed E-state index contributed by atoms with van der Waals surface area (Å²) in [4.78, 5) is 31.9. The molecule has 210 valence electrons. The molecule has 0 atom stereocenters. The van der Waals surface area contributed by atoms with Gasteiger partial charge in [0, 0.05) is 16.3 Å². The highest BCUT2D eigenvalue weighted by atomic mass is 35.5.